The van der Waals surface area contributed by atoms with Crippen LogP contribution in [-0.2, 0) is 4.74 Å². The van der Waals surface area contributed by atoms with E-state index >= 15 is 0 Å². The molecule has 0 unspecified atom stereocenters. The molecule has 0 atom stereocenters. The minimum atomic E-state index is -0.419. The molecule has 0 radical (unpaired) electrons. The van der Waals surface area contributed by atoms with Gasteiger partial charge in [-0.2, -0.15) is 0 Å². The molecule has 0 saturated heterocycles. The third-order valence-corrected chi connectivity index (χ3v) is 3.30. The Balaban J connectivity index is 1.52. The van der Waals surface area contributed by atoms with E-state index in [0.29, 0.717) is 17.9 Å². The number of hydrogen-bond donors (Lipinski definition) is 0. The number of aryl methyl sites for hydroxylation is 1. The molecular formula is C17H16N4O3. The largest absolute Gasteiger partial charge is 0.490 e. The summed E-state index contributed by atoms with van der Waals surface area (Å²) in [6.45, 7) is 2.47. The van der Waals surface area contributed by atoms with Gasteiger partial charge < -0.3 is 9.47 Å². The predicted octanol–water partition coefficient (Wildman–Crippen LogP) is 2.21. The molecule has 7 heteroatoms. The van der Waals surface area contributed by atoms with Gasteiger partial charge in [-0.3, -0.25) is 0 Å². The molecule has 24 heavy (non-hydrogen) atoms. The monoisotopic (exact) mass is 324 g/mol. The quantitative estimate of drug-likeness (QED) is 0.511. The zero-order chi connectivity index (χ0) is 16.8. The van der Waals surface area contributed by atoms with Crippen molar-refractivity contribution < 1.29 is 14.3 Å². The maximum Gasteiger partial charge on any atom is 0.338 e. The van der Waals surface area contributed by atoms with Crippen molar-refractivity contribution in [2.75, 3.05) is 13.2 Å². The van der Waals surface area contributed by atoms with Crippen LogP contribution in [0.3, 0.4) is 0 Å². The van der Waals surface area contributed by atoms with Crippen molar-refractivity contribution in [3.8, 4) is 11.4 Å². The second-order valence-electron chi connectivity index (χ2n) is 5.10. The SMILES string of the molecule is Cc1ccc(OCCOC(=O)c2cccc(-n3cnnn3)c2)cc1. The summed E-state index contributed by atoms with van der Waals surface area (Å²) in [4.78, 5) is 12.1. The standard InChI is InChI=1S/C17H16N4O3/c1-13-5-7-16(8-6-13)23-9-10-24-17(22)14-3-2-4-15(11-14)21-12-18-19-20-21/h2-8,11-12H,9-10H2,1H3. The number of carbonyl (C=O) groups excluding carboxylic acids is 1. The first kappa shape index (κ1) is 15.7. The van der Waals surface area contributed by atoms with Crippen molar-refractivity contribution in [1.82, 2.24) is 20.2 Å². The van der Waals surface area contributed by atoms with Crippen LogP contribution in [0.25, 0.3) is 5.69 Å². The van der Waals surface area contributed by atoms with E-state index in [9.17, 15) is 4.79 Å². The Morgan fingerprint density at radius 2 is 1.96 bits per heavy atom. The smallest absolute Gasteiger partial charge is 0.338 e. The van der Waals surface area contributed by atoms with E-state index in [1.165, 1.54) is 11.0 Å². The highest BCUT2D eigenvalue weighted by Gasteiger charge is 2.09. The Morgan fingerprint density at radius 3 is 2.71 bits per heavy atom. The van der Waals surface area contributed by atoms with Crippen molar-refractivity contribution >= 4 is 5.97 Å². The molecule has 0 fully saturated rings. The summed E-state index contributed by atoms with van der Waals surface area (Å²) in [7, 11) is 0. The Morgan fingerprint density at radius 1 is 1.12 bits per heavy atom. The average molecular weight is 324 g/mol. The van der Waals surface area contributed by atoms with Gasteiger partial charge in [-0.25, -0.2) is 9.48 Å². The minimum absolute atomic E-state index is 0.168. The third kappa shape index (κ3) is 3.95. The molecule has 7 nitrogen and oxygen atoms in total. The van der Waals surface area contributed by atoms with Crippen molar-refractivity contribution in [3.05, 3.63) is 66.0 Å². The van der Waals surface area contributed by atoms with Crippen LogP contribution >= 0.6 is 0 Å². The molecule has 0 aliphatic rings. The third-order valence-electron chi connectivity index (χ3n) is 3.30. The van der Waals surface area contributed by atoms with Gasteiger partial charge in [0.05, 0.1) is 11.3 Å². The molecule has 3 aromatic rings. The van der Waals surface area contributed by atoms with Crippen LogP contribution in [0.15, 0.2) is 54.9 Å². The summed E-state index contributed by atoms with van der Waals surface area (Å²) in [5.74, 6) is 0.328. The van der Waals surface area contributed by atoms with Crippen LogP contribution in [0.4, 0.5) is 0 Å². The van der Waals surface area contributed by atoms with Gasteiger partial charge in [-0.15, -0.1) is 5.10 Å². The zero-order valence-electron chi connectivity index (χ0n) is 13.1. The Bertz CT molecular complexity index is 801. The number of esters is 1. The molecule has 2 aromatic carbocycles. The summed E-state index contributed by atoms with van der Waals surface area (Å²) in [5.41, 5.74) is 2.28. The van der Waals surface area contributed by atoms with Gasteiger partial charge in [0.2, 0.25) is 0 Å². The van der Waals surface area contributed by atoms with Crippen LogP contribution in [0.5, 0.6) is 5.75 Å². The molecule has 3 rings (SSSR count). The normalized spacial score (nSPS) is 10.4. The molecular weight excluding hydrogens is 308 g/mol. The topological polar surface area (TPSA) is 79.1 Å². The molecule has 0 saturated carbocycles. The molecule has 1 aromatic heterocycles. The second-order valence-corrected chi connectivity index (χ2v) is 5.10. The molecule has 122 valence electrons. The first-order valence-electron chi connectivity index (χ1n) is 7.42. The van der Waals surface area contributed by atoms with Crippen molar-refractivity contribution in [2.24, 2.45) is 0 Å². The van der Waals surface area contributed by atoms with Gasteiger partial charge in [0.25, 0.3) is 0 Å². The van der Waals surface area contributed by atoms with E-state index in [1.54, 1.807) is 24.3 Å². The molecule has 0 aliphatic carbocycles. The number of ether oxygens (including phenoxy) is 2. The predicted molar refractivity (Wildman–Crippen MR) is 86.1 cm³/mol. The highest BCUT2D eigenvalue weighted by molar-refractivity contribution is 5.90. The molecule has 0 spiro atoms. The van der Waals surface area contributed by atoms with E-state index in [0.717, 1.165) is 11.3 Å². The molecule has 0 amide bonds. The Kier molecular flexibility index (Phi) is 4.81. The first-order chi connectivity index (χ1) is 11.7. The van der Waals surface area contributed by atoms with E-state index in [-0.39, 0.29) is 6.61 Å². The fourth-order valence-electron chi connectivity index (χ4n) is 2.07. The number of tetrazole rings is 1. The number of benzene rings is 2. The Labute approximate surface area is 138 Å². The highest BCUT2D eigenvalue weighted by atomic mass is 16.6. The lowest BCUT2D eigenvalue weighted by molar-refractivity contribution is 0.0450. The van der Waals surface area contributed by atoms with Crippen LogP contribution in [0, 0.1) is 6.92 Å². The van der Waals surface area contributed by atoms with Crippen LogP contribution < -0.4 is 4.74 Å². The fourth-order valence-corrected chi connectivity index (χ4v) is 2.07. The summed E-state index contributed by atoms with van der Waals surface area (Å²) < 4.78 is 12.2. The number of rotatable bonds is 6. The van der Waals surface area contributed by atoms with E-state index in [1.807, 2.05) is 31.2 Å². The lowest BCUT2D eigenvalue weighted by atomic mass is 10.2. The molecule has 1 heterocycles. The van der Waals surface area contributed by atoms with Crippen LogP contribution in [0.1, 0.15) is 15.9 Å². The van der Waals surface area contributed by atoms with Crippen molar-refractivity contribution in [1.29, 1.82) is 0 Å². The van der Waals surface area contributed by atoms with Gasteiger partial charge in [0.15, 0.2) is 0 Å². The van der Waals surface area contributed by atoms with Crippen molar-refractivity contribution in [3.63, 3.8) is 0 Å². The zero-order valence-corrected chi connectivity index (χ0v) is 13.1. The number of carbonyl (C=O) groups is 1. The maximum atomic E-state index is 12.1. The van der Waals surface area contributed by atoms with Gasteiger partial charge in [0, 0.05) is 0 Å². The first-order valence-corrected chi connectivity index (χ1v) is 7.42. The average Bonchev–Trinajstić information content (AvgIpc) is 3.15. The number of nitrogens with zero attached hydrogens (tertiary/aromatic N) is 4. The van der Waals surface area contributed by atoms with E-state index in [4.69, 9.17) is 9.47 Å². The maximum absolute atomic E-state index is 12.1. The van der Waals surface area contributed by atoms with Gasteiger partial charge >= 0.3 is 5.97 Å². The molecule has 0 aliphatic heterocycles. The molecule has 0 bridgehead atoms. The van der Waals surface area contributed by atoms with E-state index in [2.05, 4.69) is 15.5 Å². The minimum Gasteiger partial charge on any atom is -0.490 e. The lowest BCUT2D eigenvalue weighted by Crippen LogP contribution is -2.12. The van der Waals surface area contributed by atoms with Gasteiger partial charge in [0.1, 0.15) is 25.3 Å². The summed E-state index contributed by atoms with van der Waals surface area (Å²) in [6, 6.07) is 14.6. The van der Waals surface area contributed by atoms with Crippen LogP contribution in [-0.4, -0.2) is 39.4 Å². The Hall–Kier alpha value is -3.22. The lowest BCUT2D eigenvalue weighted by Gasteiger charge is -2.08. The summed E-state index contributed by atoms with van der Waals surface area (Å²) in [5, 5.41) is 10.9. The van der Waals surface area contributed by atoms with Gasteiger partial charge in [-0.1, -0.05) is 23.8 Å². The highest BCUT2D eigenvalue weighted by Crippen LogP contribution is 2.12. The van der Waals surface area contributed by atoms with Gasteiger partial charge in [-0.05, 0) is 47.7 Å². The van der Waals surface area contributed by atoms with E-state index < -0.39 is 5.97 Å². The van der Waals surface area contributed by atoms with Crippen LogP contribution in [0.2, 0.25) is 0 Å². The summed E-state index contributed by atoms with van der Waals surface area (Å²) >= 11 is 0. The van der Waals surface area contributed by atoms with Crippen molar-refractivity contribution in [2.45, 2.75) is 6.92 Å². The number of hydrogen-bond acceptors (Lipinski definition) is 6. The summed E-state index contributed by atoms with van der Waals surface area (Å²) in [6.07, 6.45) is 1.46. The fraction of sp³-hybridized carbons (Fsp3) is 0.176. The second kappa shape index (κ2) is 7.36. The molecule has 0 N–H and O–H groups in total. The number of aromatic nitrogens is 4.